The number of aryl methyl sites for hydroxylation is 1. The standard InChI is InChI=1S/C21H21ClN4O/c1-14-19(11-23-25(14)2)20-13-26(12-15-5-3-4-6-18(15)20)21(27)24-17-9-7-16(22)8-10-17/h3-11,20H,12-13H2,1-2H3,(H,24,27). The summed E-state index contributed by atoms with van der Waals surface area (Å²) in [5.41, 5.74) is 5.45. The largest absolute Gasteiger partial charge is 0.322 e. The van der Waals surface area contributed by atoms with Crippen LogP contribution >= 0.6 is 11.6 Å². The van der Waals surface area contributed by atoms with Crippen LogP contribution in [0, 0.1) is 6.92 Å². The fraction of sp³-hybridized carbons (Fsp3) is 0.238. The van der Waals surface area contributed by atoms with Gasteiger partial charge in [0.2, 0.25) is 0 Å². The van der Waals surface area contributed by atoms with E-state index in [1.54, 1.807) is 24.3 Å². The topological polar surface area (TPSA) is 50.2 Å². The van der Waals surface area contributed by atoms with Crippen LogP contribution in [0.4, 0.5) is 10.5 Å². The van der Waals surface area contributed by atoms with Crippen LogP contribution < -0.4 is 5.32 Å². The number of amides is 2. The first-order valence-corrected chi connectivity index (χ1v) is 9.28. The molecule has 0 fully saturated rings. The molecular formula is C21H21ClN4O. The summed E-state index contributed by atoms with van der Waals surface area (Å²) in [4.78, 5) is 14.7. The lowest BCUT2D eigenvalue weighted by Crippen LogP contribution is -2.41. The number of hydrogen-bond acceptors (Lipinski definition) is 2. The number of aromatic nitrogens is 2. The fourth-order valence-corrected chi connectivity index (χ4v) is 3.75. The molecule has 3 aromatic rings. The molecule has 2 heterocycles. The molecule has 1 aromatic heterocycles. The van der Waals surface area contributed by atoms with E-state index in [-0.39, 0.29) is 11.9 Å². The summed E-state index contributed by atoms with van der Waals surface area (Å²) in [7, 11) is 1.94. The minimum absolute atomic E-state index is 0.111. The van der Waals surface area contributed by atoms with E-state index in [2.05, 4.69) is 35.5 Å². The number of fused-ring (bicyclic) bond motifs is 1. The molecule has 1 unspecified atom stereocenters. The smallest absolute Gasteiger partial charge is 0.319 e. The lowest BCUT2D eigenvalue weighted by Gasteiger charge is -2.34. The number of nitrogens with zero attached hydrogens (tertiary/aromatic N) is 3. The van der Waals surface area contributed by atoms with Crippen molar-refractivity contribution in [3.05, 3.63) is 82.1 Å². The summed E-state index contributed by atoms with van der Waals surface area (Å²) in [5.74, 6) is 0.111. The van der Waals surface area contributed by atoms with Gasteiger partial charge >= 0.3 is 6.03 Å². The minimum atomic E-state index is -0.113. The van der Waals surface area contributed by atoms with Gasteiger partial charge in [-0.15, -0.1) is 0 Å². The summed E-state index contributed by atoms with van der Waals surface area (Å²) in [5, 5.41) is 8.01. The Bertz CT molecular complexity index is 980. The maximum Gasteiger partial charge on any atom is 0.322 e. The van der Waals surface area contributed by atoms with Crippen LogP contribution in [0.5, 0.6) is 0 Å². The van der Waals surface area contributed by atoms with Gasteiger partial charge in [-0.25, -0.2) is 4.79 Å². The molecule has 0 saturated carbocycles. The molecule has 1 aliphatic rings. The Balaban J connectivity index is 1.63. The molecule has 1 atom stereocenters. The third-order valence-electron chi connectivity index (χ3n) is 5.23. The highest BCUT2D eigenvalue weighted by atomic mass is 35.5. The normalized spacial score (nSPS) is 16.1. The molecule has 1 N–H and O–H groups in total. The number of rotatable bonds is 2. The lowest BCUT2D eigenvalue weighted by atomic mass is 9.85. The first-order chi connectivity index (χ1) is 13.0. The summed E-state index contributed by atoms with van der Waals surface area (Å²) >= 11 is 5.93. The Morgan fingerprint density at radius 3 is 2.59 bits per heavy atom. The number of nitrogens with one attached hydrogen (secondary N) is 1. The molecule has 0 radical (unpaired) electrons. The van der Waals surface area contributed by atoms with Gasteiger partial charge < -0.3 is 10.2 Å². The van der Waals surface area contributed by atoms with E-state index >= 15 is 0 Å². The van der Waals surface area contributed by atoms with E-state index in [1.165, 1.54) is 11.1 Å². The number of urea groups is 1. The predicted molar refractivity (Wildman–Crippen MR) is 107 cm³/mol. The number of carbonyl (C=O) groups excluding carboxylic acids is 1. The monoisotopic (exact) mass is 380 g/mol. The minimum Gasteiger partial charge on any atom is -0.319 e. The zero-order valence-electron chi connectivity index (χ0n) is 15.3. The second kappa shape index (κ2) is 7.08. The highest BCUT2D eigenvalue weighted by molar-refractivity contribution is 6.30. The van der Waals surface area contributed by atoms with Crippen LogP contribution in [-0.4, -0.2) is 27.3 Å². The van der Waals surface area contributed by atoms with Crippen molar-refractivity contribution >= 4 is 23.3 Å². The van der Waals surface area contributed by atoms with E-state index in [0.717, 1.165) is 16.9 Å². The Kier molecular flexibility index (Phi) is 4.62. The molecule has 4 rings (SSSR count). The molecule has 0 spiro atoms. The van der Waals surface area contributed by atoms with Crippen molar-refractivity contribution in [2.24, 2.45) is 7.05 Å². The molecule has 27 heavy (non-hydrogen) atoms. The van der Waals surface area contributed by atoms with E-state index in [9.17, 15) is 4.79 Å². The van der Waals surface area contributed by atoms with Gasteiger partial charge in [-0.1, -0.05) is 35.9 Å². The van der Waals surface area contributed by atoms with Gasteiger partial charge in [0.1, 0.15) is 0 Å². The molecule has 0 bridgehead atoms. The summed E-state index contributed by atoms with van der Waals surface area (Å²) in [6.07, 6.45) is 1.91. The third kappa shape index (κ3) is 3.43. The number of benzene rings is 2. The maximum atomic E-state index is 12.9. The van der Waals surface area contributed by atoms with Crippen LogP contribution in [0.15, 0.2) is 54.7 Å². The summed E-state index contributed by atoms with van der Waals surface area (Å²) in [6.45, 7) is 3.27. The van der Waals surface area contributed by atoms with Crippen molar-refractivity contribution in [1.29, 1.82) is 0 Å². The van der Waals surface area contributed by atoms with E-state index < -0.39 is 0 Å². The van der Waals surface area contributed by atoms with Crippen molar-refractivity contribution in [3.63, 3.8) is 0 Å². The molecule has 2 aromatic carbocycles. The van der Waals surface area contributed by atoms with Crippen LogP contribution in [0.3, 0.4) is 0 Å². The molecule has 138 valence electrons. The molecule has 0 saturated heterocycles. The second-order valence-electron chi connectivity index (χ2n) is 6.88. The quantitative estimate of drug-likeness (QED) is 0.708. The van der Waals surface area contributed by atoms with Crippen LogP contribution in [-0.2, 0) is 13.6 Å². The lowest BCUT2D eigenvalue weighted by molar-refractivity contribution is 0.203. The molecule has 1 aliphatic heterocycles. The van der Waals surface area contributed by atoms with Crippen molar-refractivity contribution in [2.75, 3.05) is 11.9 Å². The number of anilines is 1. The predicted octanol–water partition coefficient (Wildman–Crippen LogP) is 4.56. The molecule has 0 aliphatic carbocycles. The Morgan fingerprint density at radius 1 is 1.15 bits per heavy atom. The van der Waals surface area contributed by atoms with Crippen molar-refractivity contribution in [2.45, 2.75) is 19.4 Å². The van der Waals surface area contributed by atoms with E-state index in [1.807, 2.05) is 28.9 Å². The highest BCUT2D eigenvalue weighted by Gasteiger charge is 2.30. The molecular weight excluding hydrogens is 360 g/mol. The third-order valence-corrected chi connectivity index (χ3v) is 5.48. The van der Waals surface area contributed by atoms with Crippen LogP contribution in [0.25, 0.3) is 0 Å². The van der Waals surface area contributed by atoms with E-state index in [4.69, 9.17) is 11.6 Å². The zero-order valence-corrected chi connectivity index (χ0v) is 16.1. The van der Waals surface area contributed by atoms with Crippen molar-refractivity contribution in [1.82, 2.24) is 14.7 Å². The fourth-order valence-electron chi connectivity index (χ4n) is 3.62. The van der Waals surface area contributed by atoms with Crippen LogP contribution in [0.2, 0.25) is 5.02 Å². The summed E-state index contributed by atoms with van der Waals surface area (Å²) < 4.78 is 1.88. The number of halogens is 1. The summed E-state index contributed by atoms with van der Waals surface area (Å²) in [6, 6.07) is 15.4. The van der Waals surface area contributed by atoms with Gasteiger partial charge in [0.25, 0.3) is 0 Å². The van der Waals surface area contributed by atoms with Gasteiger partial charge in [-0.2, -0.15) is 5.10 Å². The maximum absolute atomic E-state index is 12.9. The molecule has 5 nitrogen and oxygen atoms in total. The molecule has 2 amide bonds. The van der Waals surface area contributed by atoms with Gasteiger partial charge in [0.15, 0.2) is 0 Å². The van der Waals surface area contributed by atoms with Crippen molar-refractivity contribution in [3.8, 4) is 0 Å². The van der Waals surface area contributed by atoms with E-state index in [0.29, 0.717) is 18.1 Å². The first kappa shape index (κ1) is 17.6. The zero-order chi connectivity index (χ0) is 19.0. The SMILES string of the molecule is Cc1c(C2CN(C(=O)Nc3ccc(Cl)cc3)Cc3ccccc32)cnn1C. The van der Waals surface area contributed by atoms with Gasteiger partial charge in [0.05, 0.1) is 6.20 Å². The first-order valence-electron chi connectivity index (χ1n) is 8.90. The Hall–Kier alpha value is -2.79. The van der Waals surface area contributed by atoms with Gasteiger partial charge in [0, 0.05) is 48.0 Å². The number of hydrogen-bond donors (Lipinski definition) is 1. The molecule has 6 heteroatoms. The van der Waals surface area contributed by atoms with Gasteiger partial charge in [-0.05, 0) is 42.3 Å². The Morgan fingerprint density at radius 2 is 1.89 bits per heavy atom. The highest BCUT2D eigenvalue weighted by Crippen LogP contribution is 2.35. The van der Waals surface area contributed by atoms with Crippen molar-refractivity contribution < 1.29 is 4.79 Å². The number of carbonyl (C=O) groups is 1. The van der Waals surface area contributed by atoms with Crippen LogP contribution in [0.1, 0.15) is 28.3 Å². The average Bonchev–Trinajstić information content (AvgIpc) is 3.01. The second-order valence-corrected chi connectivity index (χ2v) is 7.31. The van der Waals surface area contributed by atoms with Gasteiger partial charge in [-0.3, -0.25) is 4.68 Å². The Labute approximate surface area is 163 Å². The average molecular weight is 381 g/mol.